The van der Waals surface area contributed by atoms with Crippen LogP contribution in [0, 0.1) is 12.3 Å². The SMILES string of the molecule is Cc1cnc2sc3c(N4CC5(COC5)C4)ncnc3c2c1. The molecule has 0 amide bonds. The van der Waals surface area contributed by atoms with Crippen LogP contribution < -0.4 is 4.90 Å². The molecule has 0 aromatic carbocycles. The number of aromatic nitrogens is 3. The molecule has 5 nitrogen and oxygen atoms in total. The molecule has 106 valence electrons. The van der Waals surface area contributed by atoms with Crippen LogP contribution in [0.3, 0.4) is 0 Å². The van der Waals surface area contributed by atoms with Gasteiger partial charge in [-0.05, 0) is 18.6 Å². The van der Waals surface area contributed by atoms with Crippen LogP contribution in [0.4, 0.5) is 5.82 Å². The fourth-order valence-corrected chi connectivity index (χ4v) is 4.36. The minimum Gasteiger partial charge on any atom is -0.380 e. The lowest BCUT2D eigenvalue weighted by atomic mass is 9.78. The second-order valence-electron chi connectivity index (χ2n) is 6.19. The molecule has 0 bridgehead atoms. The zero-order chi connectivity index (χ0) is 14.0. The van der Waals surface area contributed by atoms with Gasteiger partial charge < -0.3 is 9.64 Å². The van der Waals surface area contributed by atoms with Crippen LogP contribution in [-0.2, 0) is 4.74 Å². The zero-order valence-electron chi connectivity index (χ0n) is 11.7. The molecule has 0 radical (unpaired) electrons. The molecule has 0 N–H and O–H groups in total. The van der Waals surface area contributed by atoms with Crippen molar-refractivity contribution in [3.8, 4) is 0 Å². The van der Waals surface area contributed by atoms with Crippen LogP contribution in [0.2, 0.25) is 0 Å². The summed E-state index contributed by atoms with van der Waals surface area (Å²) in [6.45, 7) is 5.93. The molecule has 3 aromatic heterocycles. The van der Waals surface area contributed by atoms with E-state index >= 15 is 0 Å². The lowest BCUT2D eigenvalue weighted by molar-refractivity contribution is -0.127. The standard InChI is InChI=1S/C15H14N4OS/c1-9-2-10-11-12(21-14(10)16-3-9)13(18-8-17-11)19-4-15(5-19)6-20-7-15/h2-3,8H,4-7H2,1H3. The van der Waals surface area contributed by atoms with Crippen molar-refractivity contribution in [2.75, 3.05) is 31.2 Å². The first kappa shape index (κ1) is 11.8. The van der Waals surface area contributed by atoms with Crippen LogP contribution >= 0.6 is 11.3 Å². The van der Waals surface area contributed by atoms with Crippen LogP contribution in [0.25, 0.3) is 20.4 Å². The molecule has 3 aromatic rings. The van der Waals surface area contributed by atoms with Crippen LogP contribution in [-0.4, -0.2) is 41.3 Å². The van der Waals surface area contributed by atoms with Gasteiger partial charge in [0.05, 0.1) is 28.8 Å². The predicted octanol–water partition coefficient (Wildman–Crippen LogP) is 2.38. The molecular formula is C15H14N4OS. The Bertz CT molecular complexity index is 863. The van der Waals surface area contributed by atoms with E-state index in [2.05, 4.69) is 32.8 Å². The van der Waals surface area contributed by atoms with E-state index in [1.165, 1.54) is 0 Å². The summed E-state index contributed by atoms with van der Waals surface area (Å²) >= 11 is 1.69. The van der Waals surface area contributed by atoms with Gasteiger partial charge in [-0.15, -0.1) is 11.3 Å². The van der Waals surface area contributed by atoms with Crippen molar-refractivity contribution in [3.63, 3.8) is 0 Å². The van der Waals surface area contributed by atoms with E-state index in [-0.39, 0.29) is 0 Å². The van der Waals surface area contributed by atoms with Crippen molar-refractivity contribution in [1.82, 2.24) is 15.0 Å². The summed E-state index contributed by atoms with van der Waals surface area (Å²) in [6.07, 6.45) is 3.59. The Labute approximate surface area is 125 Å². The van der Waals surface area contributed by atoms with Crippen molar-refractivity contribution in [3.05, 3.63) is 24.2 Å². The smallest absolute Gasteiger partial charge is 0.150 e. The average Bonchev–Trinajstić information content (AvgIpc) is 2.74. The summed E-state index contributed by atoms with van der Waals surface area (Å²) in [7, 11) is 0. The molecule has 2 saturated heterocycles. The molecule has 0 unspecified atom stereocenters. The Morgan fingerprint density at radius 3 is 2.86 bits per heavy atom. The van der Waals surface area contributed by atoms with Gasteiger partial charge in [0.15, 0.2) is 0 Å². The Morgan fingerprint density at radius 1 is 1.24 bits per heavy atom. The Kier molecular flexibility index (Phi) is 2.19. The highest BCUT2D eigenvalue weighted by molar-refractivity contribution is 7.25. The summed E-state index contributed by atoms with van der Waals surface area (Å²) in [5, 5.41) is 1.14. The number of hydrogen-bond acceptors (Lipinski definition) is 6. The number of anilines is 1. The molecule has 1 spiro atoms. The van der Waals surface area contributed by atoms with E-state index < -0.39 is 0 Å². The van der Waals surface area contributed by atoms with Crippen molar-refractivity contribution in [2.24, 2.45) is 5.41 Å². The number of ether oxygens (including phenoxy) is 1. The molecule has 2 aliphatic heterocycles. The van der Waals surface area contributed by atoms with Crippen molar-refractivity contribution in [1.29, 1.82) is 0 Å². The largest absolute Gasteiger partial charge is 0.380 e. The number of fused-ring (bicyclic) bond motifs is 3. The van der Waals surface area contributed by atoms with Crippen LogP contribution in [0.1, 0.15) is 5.56 Å². The molecule has 21 heavy (non-hydrogen) atoms. The summed E-state index contributed by atoms with van der Waals surface area (Å²) in [6, 6.07) is 2.16. The molecule has 2 fully saturated rings. The second-order valence-corrected chi connectivity index (χ2v) is 7.19. The van der Waals surface area contributed by atoms with E-state index in [0.717, 1.165) is 58.1 Å². The number of thiophene rings is 1. The quantitative estimate of drug-likeness (QED) is 0.690. The van der Waals surface area contributed by atoms with Gasteiger partial charge in [0.2, 0.25) is 0 Å². The van der Waals surface area contributed by atoms with Crippen LogP contribution in [0.15, 0.2) is 18.6 Å². The highest BCUT2D eigenvalue weighted by Crippen LogP contribution is 2.43. The highest BCUT2D eigenvalue weighted by atomic mass is 32.1. The second kappa shape index (κ2) is 3.90. The Morgan fingerprint density at radius 2 is 2.10 bits per heavy atom. The molecular weight excluding hydrogens is 284 g/mol. The van der Waals surface area contributed by atoms with E-state index in [0.29, 0.717) is 5.41 Å². The molecule has 2 aliphatic rings. The van der Waals surface area contributed by atoms with Crippen molar-refractivity contribution in [2.45, 2.75) is 6.92 Å². The molecule has 0 saturated carbocycles. The summed E-state index contributed by atoms with van der Waals surface area (Å²) < 4.78 is 6.50. The number of rotatable bonds is 1. The van der Waals surface area contributed by atoms with Gasteiger partial charge in [-0.1, -0.05) is 0 Å². The lowest BCUT2D eigenvalue weighted by Crippen LogP contribution is -2.66. The minimum atomic E-state index is 0.392. The van der Waals surface area contributed by atoms with Gasteiger partial charge in [0.25, 0.3) is 0 Å². The predicted molar refractivity (Wildman–Crippen MR) is 82.9 cm³/mol. The molecule has 5 rings (SSSR count). The normalized spacial score (nSPS) is 20.0. The highest BCUT2D eigenvalue weighted by Gasteiger charge is 2.49. The Hall–Kier alpha value is -1.79. The number of nitrogens with zero attached hydrogens (tertiary/aromatic N) is 4. The average molecular weight is 298 g/mol. The summed E-state index contributed by atoms with van der Waals surface area (Å²) in [4.78, 5) is 16.9. The van der Waals surface area contributed by atoms with E-state index in [1.54, 1.807) is 17.7 Å². The third kappa shape index (κ3) is 1.57. The Balaban J connectivity index is 1.65. The van der Waals surface area contributed by atoms with Gasteiger partial charge >= 0.3 is 0 Å². The van der Waals surface area contributed by atoms with Gasteiger partial charge in [-0.2, -0.15) is 0 Å². The zero-order valence-corrected chi connectivity index (χ0v) is 12.5. The van der Waals surface area contributed by atoms with E-state index in [4.69, 9.17) is 4.74 Å². The van der Waals surface area contributed by atoms with Gasteiger partial charge in [-0.3, -0.25) is 0 Å². The minimum absolute atomic E-state index is 0.392. The maximum atomic E-state index is 5.35. The maximum absolute atomic E-state index is 5.35. The first-order valence-electron chi connectivity index (χ1n) is 7.07. The first-order valence-corrected chi connectivity index (χ1v) is 7.88. The van der Waals surface area contributed by atoms with Gasteiger partial charge in [0, 0.05) is 24.7 Å². The molecule has 6 heteroatoms. The van der Waals surface area contributed by atoms with Gasteiger partial charge in [-0.25, -0.2) is 15.0 Å². The fourth-order valence-electron chi connectivity index (χ4n) is 3.27. The number of pyridine rings is 1. The third-order valence-corrected chi connectivity index (χ3v) is 5.49. The monoisotopic (exact) mass is 298 g/mol. The third-order valence-electron chi connectivity index (χ3n) is 4.40. The lowest BCUT2D eigenvalue weighted by Gasteiger charge is -2.55. The fraction of sp³-hybridized carbons (Fsp3) is 0.400. The number of hydrogen-bond donors (Lipinski definition) is 0. The van der Waals surface area contributed by atoms with Crippen molar-refractivity contribution < 1.29 is 4.74 Å². The topological polar surface area (TPSA) is 51.1 Å². The summed E-state index contributed by atoms with van der Waals surface area (Å²) in [5.74, 6) is 1.05. The summed E-state index contributed by atoms with van der Waals surface area (Å²) in [5.41, 5.74) is 2.59. The first-order chi connectivity index (χ1) is 10.2. The molecule has 0 aliphatic carbocycles. The number of aryl methyl sites for hydroxylation is 1. The van der Waals surface area contributed by atoms with E-state index in [9.17, 15) is 0 Å². The molecule has 0 atom stereocenters. The van der Waals surface area contributed by atoms with Crippen LogP contribution in [0.5, 0.6) is 0 Å². The van der Waals surface area contributed by atoms with E-state index in [1.807, 2.05) is 6.20 Å². The molecule has 5 heterocycles. The maximum Gasteiger partial charge on any atom is 0.150 e. The van der Waals surface area contributed by atoms with Gasteiger partial charge in [0.1, 0.15) is 17.0 Å². The van der Waals surface area contributed by atoms with Crippen molar-refractivity contribution >= 4 is 37.6 Å².